The number of hydrogen-bond donors (Lipinski definition) is 1. The topological polar surface area (TPSA) is 33.1 Å². The molecule has 2 aromatic heterocycles. The van der Waals surface area contributed by atoms with Gasteiger partial charge in [0.2, 0.25) is 4.77 Å². The van der Waals surface area contributed by atoms with Crippen LogP contribution in [0.3, 0.4) is 0 Å². The molecule has 1 N–H and O–H groups in total. The Morgan fingerprint density at radius 1 is 0.875 bits per heavy atom. The predicted molar refractivity (Wildman–Crippen MR) is 101 cm³/mol. The van der Waals surface area contributed by atoms with E-state index in [-0.39, 0.29) is 0 Å². The summed E-state index contributed by atoms with van der Waals surface area (Å²) in [5.74, 6) is 0. The smallest absolute Gasteiger partial charge is 0.205 e. The molecule has 0 saturated carbocycles. The maximum atomic E-state index is 5.45. The highest BCUT2D eigenvalue weighted by molar-refractivity contribution is 7.71. The van der Waals surface area contributed by atoms with Crippen molar-refractivity contribution in [1.82, 2.24) is 14.4 Å². The Kier molecular flexibility index (Phi) is 2.81. The third-order valence-electron chi connectivity index (χ3n) is 4.39. The minimum atomic E-state index is 0.562. The number of H-pyrrole nitrogens is 1. The second kappa shape index (κ2) is 5.01. The number of imidazole rings is 1. The molecule has 3 nitrogen and oxygen atoms in total. The molecule has 0 bridgehead atoms. The first-order valence-corrected chi connectivity index (χ1v) is 8.20. The number of aromatic amines is 1. The fourth-order valence-electron chi connectivity index (χ4n) is 3.19. The van der Waals surface area contributed by atoms with Gasteiger partial charge in [-0.3, -0.25) is 4.40 Å². The SMILES string of the molecule is S=c1nc2ccccc2c2[nH]c(-c3ccc4ccccc4c3)cn12. The van der Waals surface area contributed by atoms with E-state index in [1.807, 2.05) is 28.8 Å². The van der Waals surface area contributed by atoms with Gasteiger partial charge >= 0.3 is 0 Å². The van der Waals surface area contributed by atoms with Crippen LogP contribution in [-0.2, 0) is 0 Å². The molecule has 24 heavy (non-hydrogen) atoms. The molecule has 5 rings (SSSR count). The molecule has 114 valence electrons. The number of hydrogen-bond acceptors (Lipinski definition) is 2. The van der Waals surface area contributed by atoms with Crippen LogP contribution in [0, 0.1) is 4.77 Å². The first kappa shape index (κ1) is 13.5. The number of aromatic nitrogens is 3. The molecule has 0 fully saturated rings. The quantitative estimate of drug-likeness (QED) is 0.420. The van der Waals surface area contributed by atoms with Crippen molar-refractivity contribution >= 4 is 39.5 Å². The molecule has 0 saturated heterocycles. The molecule has 0 amide bonds. The zero-order valence-corrected chi connectivity index (χ0v) is 13.5. The van der Waals surface area contributed by atoms with Crippen molar-refractivity contribution in [2.24, 2.45) is 0 Å². The zero-order valence-electron chi connectivity index (χ0n) is 12.7. The van der Waals surface area contributed by atoms with Crippen LogP contribution in [0.15, 0.2) is 72.9 Å². The number of nitrogens with zero attached hydrogens (tertiary/aromatic N) is 2. The molecule has 0 aliphatic carbocycles. The van der Waals surface area contributed by atoms with E-state index in [1.165, 1.54) is 10.8 Å². The summed E-state index contributed by atoms with van der Waals surface area (Å²) in [6, 6.07) is 22.9. The van der Waals surface area contributed by atoms with Crippen molar-refractivity contribution in [3.63, 3.8) is 0 Å². The highest BCUT2D eigenvalue weighted by Crippen LogP contribution is 2.26. The van der Waals surface area contributed by atoms with Crippen LogP contribution >= 0.6 is 12.2 Å². The van der Waals surface area contributed by atoms with E-state index in [1.54, 1.807) is 0 Å². The average molecular weight is 327 g/mol. The van der Waals surface area contributed by atoms with Crippen LogP contribution in [-0.4, -0.2) is 14.4 Å². The van der Waals surface area contributed by atoms with Gasteiger partial charge in [-0.25, -0.2) is 4.98 Å². The van der Waals surface area contributed by atoms with E-state index in [4.69, 9.17) is 12.2 Å². The molecule has 3 aromatic carbocycles. The van der Waals surface area contributed by atoms with Gasteiger partial charge in [-0.2, -0.15) is 0 Å². The second-order valence-corrected chi connectivity index (χ2v) is 6.22. The highest BCUT2D eigenvalue weighted by Gasteiger charge is 2.08. The van der Waals surface area contributed by atoms with Gasteiger partial charge in [-0.05, 0) is 41.2 Å². The monoisotopic (exact) mass is 327 g/mol. The van der Waals surface area contributed by atoms with E-state index in [0.29, 0.717) is 4.77 Å². The number of nitrogens with one attached hydrogen (secondary N) is 1. The lowest BCUT2D eigenvalue weighted by atomic mass is 10.1. The third kappa shape index (κ3) is 1.97. The standard InChI is InChI=1S/C20H13N3S/c24-20-22-17-8-4-3-7-16(17)19-21-18(12-23(19)20)15-10-9-13-5-1-2-6-14(13)11-15/h1-12,21H. The van der Waals surface area contributed by atoms with Crippen molar-refractivity contribution < 1.29 is 0 Å². The Bertz CT molecular complexity index is 1280. The molecule has 2 heterocycles. The van der Waals surface area contributed by atoms with E-state index in [9.17, 15) is 0 Å². The molecule has 5 aromatic rings. The number of rotatable bonds is 1. The summed E-state index contributed by atoms with van der Waals surface area (Å²) >= 11 is 5.45. The Morgan fingerprint density at radius 2 is 1.67 bits per heavy atom. The molecule has 0 aliphatic heterocycles. The van der Waals surface area contributed by atoms with Gasteiger partial charge in [0.1, 0.15) is 5.65 Å². The first-order chi connectivity index (χ1) is 11.8. The van der Waals surface area contributed by atoms with Crippen molar-refractivity contribution in [2.75, 3.05) is 0 Å². The summed E-state index contributed by atoms with van der Waals surface area (Å²) in [5.41, 5.74) is 4.06. The molecule has 0 atom stereocenters. The highest BCUT2D eigenvalue weighted by atomic mass is 32.1. The molecule has 0 aliphatic rings. The molecule has 4 heteroatoms. The van der Waals surface area contributed by atoms with Crippen LogP contribution in [0.1, 0.15) is 0 Å². The molecular weight excluding hydrogens is 314 g/mol. The van der Waals surface area contributed by atoms with E-state index < -0.39 is 0 Å². The maximum absolute atomic E-state index is 5.45. The molecule has 0 radical (unpaired) electrons. The van der Waals surface area contributed by atoms with E-state index >= 15 is 0 Å². The Balaban J connectivity index is 1.81. The van der Waals surface area contributed by atoms with Gasteiger partial charge in [0.15, 0.2) is 0 Å². The summed E-state index contributed by atoms with van der Waals surface area (Å²) in [7, 11) is 0. The Morgan fingerprint density at radius 3 is 2.58 bits per heavy atom. The van der Waals surface area contributed by atoms with Crippen molar-refractivity contribution in [3.05, 3.63) is 77.7 Å². The van der Waals surface area contributed by atoms with Gasteiger partial charge in [-0.1, -0.05) is 48.5 Å². The van der Waals surface area contributed by atoms with Gasteiger partial charge < -0.3 is 4.98 Å². The van der Waals surface area contributed by atoms with Crippen LogP contribution in [0.2, 0.25) is 0 Å². The van der Waals surface area contributed by atoms with Crippen LogP contribution in [0.4, 0.5) is 0 Å². The third-order valence-corrected chi connectivity index (χ3v) is 4.68. The van der Waals surface area contributed by atoms with Gasteiger partial charge in [0.05, 0.1) is 11.2 Å². The lowest BCUT2D eigenvalue weighted by Crippen LogP contribution is -1.91. The second-order valence-electron chi connectivity index (χ2n) is 5.86. The minimum Gasteiger partial charge on any atom is -0.339 e. The summed E-state index contributed by atoms with van der Waals surface area (Å²) in [5, 5.41) is 3.53. The summed E-state index contributed by atoms with van der Waals surface area (Å²) in [6.45, 7) is 0. The lowest BCUT2D eigenvalue weighted by Gasteiger charge is -2.01. The molecule has 0 unspecified atom stereocenters. The van der Waals surface area contributed by atoms with Gasteiger partial charge in [0, 0.05) is 17.1 Å². The van der Waals surface area contributed by atoms with Crippen molar-refractivity contribution in [3.8, 4) is 11.3 Å². The van der Waals surface area contributed by atoms with Gasteiger partial charge in [0.25, 0.3) is 0 Å². The summed E-state index contributed by atoms with van der Waals surface area (Å²) in [4.78, 5) is 8.04. The lowest BCUT2D eigenvalue weighted by molar-refractivity contribution is 1.09. The minimum absolute atomic E-state index is 0.562. The van der Waals surface area contributed by atoms with Crippen LogP contribution in [0.25, 0.3) is 38.6 Å². The average Bonchev–Trinajstić information content (AvgIpc) is 3.08. The summed E-state index contributed by atoms with van der Waals surface area (Å²) in [6.07, 6.45) is 2.03. The van der Waals surface area contributed by atoms with Crippen LogP contribution in [0.5, 0.6) is 0 Å². The normalized spacial score (nSPS) is 11.5. The van der Waals surface area contributed by atoms with E-state index in [2.05, 4.69) is 58.5 Å². The fraction of sp³-hybridized carbons (Fsp3) is 0. The molecule has 0 spiro atoms. The molecular formula is C20H13N3S. The van der Waals surface area contributed by atoms with Crippen molar-refractivity contribution in [1.29, 1.82) is 0 Å². The number of para-hydroxylation sites is 1. The zero-order chi connectivity index (χ0) is 16.1. The van der Waals surface area contributed by atoms with Crippen molar-refractivity contribution in [2.45, 2.75) is 0 Å². The first-order valence-electron chi connectivity index (χ1n) is 7.79. The number of fused-ring (bicyclic) bond motifs is 4. The maximum Gasteiger partial charge on any atom is 0.205 e. The number of benzene rings is 3. The summed E-state index contributed by atoms with van der Waals surface area (Å²) < 4.78 is 2.51. The largest absolute Gasteiger partial charge is 0.339 e. The van der Waals surface area contributed by atoms with E-state index in [0.717, 1.165) is 27.8 Å². The Labute approximate surface area is 143 Å². The fourth-order valence-corrected chi connectivity index (χ4v) is 3.44. The van der Waals surface area contributed by atoms with Crippen LogP contribution < -0.4 is 0 Å². The Hall–Kier alpha value is -2.98. The van der Waals surface area contributed by atoms with Gasteiger partial charge in [-0.15, -0.1) is 0 Å². The predicted octanol–water partition coefficient (Wildman–Crippen LogP) is 5.37.